The zero-order chi connectivity index (χ0) is 15.8. The third-order valence-corrected chi connectivity index (χ3v) is 3.97. The first kappa shape index (κ1) is 13.5. The van der Waals surface area contributed by atoms with Gasteiger partial charge in [0.15, 0.2) is 0 Å². The Morgan fingerprint density at radius 2 is 1.96 bits per heavy atom. The SMILES string of the molecule is O=C1CN2Cc3cc(/C(=N\O)c4ccccc4)ccc3N=C2N1. The number of carbonyl (C=O) groups excluding carboxylic acids is 1. The molecule has 2 aromatic rings. The molecule has 2 aromatic carbocycles. The van der Waals surface area contributed by atoms with E-state index in [-0.39, 0.29) is 5.91 Å². The summed E-state index contributed by atoms with van der Waals surface area (Å²) in [5.41, 5.74) is 3.99. The van der Waals surface area contributed by atoms with E-state index < -0.39 is 0 Å². The Hall–Kier alpha value is -3.15. The van der Waals surface area contributed by atoms with E-state index in [0.29, 0.717) is 24.8 Å². The van der Waals surface area contributed by atoms with E-state index in [9.17, 15) is 10.0 Å². The first-order chi connectivity index (χ1) is 11.2. The first-order valence-corrected chi connectivity index (χ1v) is 7.29. The van der Waals surface area contributed by atoms with Crippen LogP contribution in [0.1, 0.15) is 16.7 Å². The number of guanidine groups is 1. The molecule has 4 rings (SSSR count). The molecule has 1 saturated heterocycles. The van der Waals surface area contributed by atoms with Crippen LogP contribution >= 0.6 is 0 Å². The minimum absolute atomic E-state index is 0.0429. The minimum Gasteiger partial charge on any atom is -0.410 e. The van der Waals surface area contributed by atoms with Gasteiger partial charge >= 0.3 is 0 Å². The topological polar surface area (TPSA) is 77.3 Å². The van der Waals surface area contributed by atoms with Gasteiger partial charge in [-0.25, -0.2) is 4.99 Å². The molecule has 2 N–H and O–H groups in total. The number of benzene rings is 2. The average Bonchev–Trinajstić information content (AvgIpc) is 2.93. The predicted molar refractivity (Wildman–Crippen MR) is 86.0 cm³/mol. The summed E-state index contributed by atoms with van der Waals surface area (Å²) in [7, 11) is 0. The van der Waals surface area contributed by atoms with Gasteiger partial charge in [0.05, 0.1) is 5.69 Å². The molecule has 2 aliphatic heterocycles. The van der Waals surface area contributed by atoms with Crippen molar-refractivity contribution in [2.45, 2.75) is 6.54 Å². The highest BCUT2D eigenvalue weighted by molar-refractivity contribution is 6.13. The molecule has 0 aromatic heterocycles. The summed E-state index contributed by atoms with van der Waals surface area (Å²) >= 11 is 0. The molecule has 0 spiro atoms. The fourth-order valence-corrected chi connectivity index (χ4v) is 2.89. The maximum Gasteiger partial charge on any atom is 0.246 e. The van der Waals surface area contributed by atoms with Crippen LogP contribution in [0.4, 0.5) is 5.69 Å². The summed E-state index contributed by atoms with van der Waals surface area (Å²) in [5.74, 6) is 0.563. The van der Waals surface area contributed by atoms with E-state index in [1.165, 1.54) is 0 Å². The van der Waals surface area contributed by atoms with Crippen LogP contribution in [0.25, 0.3) is 0 Å². The van der Waals surface area contributed by atoms with Gasteiger partial charge in [-0.2, -0.15) is 0 Å². The quantitative estimate of drug-likeness (QED) is 0.505. The number of hydrogen-bond acceptors (Lipinski definition) is 5. The smallest absolute Gasteiger partial charge is 0.246 e. The van der Waals surface area contributed by atoms with Crippen molar-refractivity contribution in [3.63, 3.8) is 0 Å². The molecule has 1 fully saturated rings. The fraction of sp³-hybridized carbons (Fsp3) is 0.118. The highest BCUT2D eigenvalue weighted by atomic mass is 16.4. The molecule has 0 radical (unpaired) electrons. The minimum atomic E-state index is -0.0429. The number of aliphatic imine (C=N–C) groups is 1. The number of carbonyl (C=O) groups is 1. The summed E-state index contributed by atoms with van der Waals surface area (Å²) in [5, 5.41) is 15.6. The van der Waals surface area contributed by atoms with Crippen LogP contribution < -0.4 is 5.32 Å². The van der Waals surface area contributed by atoms with Crippen LogP contribution in [0.3, 0.4) is 0 Å². The number of oxime groups is 1. The molecule has 1 amide bonds. The molecule has 23 heavy (non-hydrogen) atoms. The van der Waals surface area contributed by atoms with Crippen LogP contribution in [0.15, 0.2) is 58.7 Å². The van der Waals surface area contributed by atoms with Crippen LogP contribution in [-0.4, -0.2) is 34.2 Å². The van der Waals surface area contributed by atoms with Crippen LogP contribution in [-0.2, 0) is 11.3 Å². The van der Waals surface area contributed by atoms with E-state index in [0.717, 1.165) is 22.4 Å². The Labute approximate surface area is 132 Å². The van der Waals surface area contributed by atoms with Gasteiger partial charge in [-0.1, -0.05) is 41.6 Å². The Morgan fingerprint density at radius 3 is 2.74 bits per heavy atom. The van der Waals surface area contributed by atoms with Gasteiger partial charge in [0.1, 0.15) is 12.3 Å². The summed E-state index contributed by atoms with van der Waals surface area (Å²) in [6, 6.07) is 15.2. The molecule has 6 heteroatoms. The number of hydrogen-bond donors (Lipinski definition) is 2. The number of nitrogens with one attached hydrogen (secondary N) is 1. The van der Waals surface area contributed by atoms with Crippen molar-refractivity contribution < 1.29 is 10.0 Å². The zero-order valence-corrected chi connectivity index (χ0v) is 12.2. The van der Waals surface area contributed by atoms with Crippen molar-refractivity contribution >= 4 is 23.3 Å². The molecular weight excluding hydrogens is 292 g/mol. The van der Waals surface area contributed by atoms with Gasteiger partial charge < -0.3 is 10.1 Å². The molecule has 0 bridgehead atoms. The Bertz CT molecular complexity index is 843. The third kappa shape index (κ3) is 2.34. The lowest BCUT2D eigenvalue weighted by atomic mass is 9.99. The average molecular weight is 306 g/mol. The van der Waals surface area contributed by atoms with Crippen molar-refractivity contribution in [1.82, 2.24) is 10.2 Å². The monoisotopic (exact) mass is 306 g/mol. The van der Waals surface area contributed by atoms with Crippen molar-refractivity contribution in [3.8, 4) is 0 Å². The van der Waals surface area contributed by atoms with Gasteiger partial charge in [-0.3, -0.25) is 10.1 Å². The second-order valence-corrected chi connectivity index (χ2v) is 5.50. The van der Waals surface area contributed by atoms with Crippen molar-refractivity contribution in [3.05, 3.63) is 65.2 Å². The Kier molecular flexibility index (Phi) is 3.08. The Balaban J connectivity index is 1.72. The summed E-state index contributed by atoms with van der Waals surface area (Å²) in [4.78, 5) is 17.8. The normalized spacial score (nSPS) is 16.5. The lowest BCUT2D eigenvalue weighted by Gasteiger charge is -2.23. The van der Waals surface area contributed by atoms with Gasteiger partial charge in [-0.15, -0.1) is 0 Å². The molecule has 2 heterocycles. The first-order valence-electron chi connectivity index (χ1n) is 7.29. The molecule has 2 aliphatic rings. The van der Waals surface area contributed by atoms with Crippen molar-refractivity contribution in [1.29, 1.82) is 0 Å². The molecular formula is C17H14N4O2. The summed E-state index contributed by atoms with van der Waals surface area (Å²) < 4.78 is 0. The maximum atomic E-state index is 11.5. The number of rotatable bonds is 2. The molecule has 114 valence electrons. The fourth-order valence-electron chi connectivity index (χ4n) is 2.89. The second kappa shape index (κ2) is 5.24. The van der Waals surface area contributed by atoms with Crippen LogP contribution in [0.2, 0.25) is 0 Å². The van der Waals surface area contributed by atoms with Crippen molar-refractivity contribution in [2.75, 3.05) is 6.54 Å². The molecule has 0 unspecified atom stereocenters. The predicted octanol–water partition coefficient (Wildman–Crippen LogP) is 1.85. The third-order valence-electron chi connectivity index (χ3n) is 3.97. The molecule has 0 aliphatic carbocycles. The summed E-state index contributed by atoms with van der Waals surface area (Å²) in [6.45, 7) is 0.927. The second-order valence-electron chi connectivity index (χ2n) is 5.50. The van der Waals surface area contributed by atoms with Crippen LogP contribution in [0, 0.1) is 0 Å². The lowest BCUT2D eigenvalue weighted by molar-refractivity contribution is -0.118. The highest BCUT2D eigenvalue weighted by Gasteiger charge is 2.29. The largest absolute Gasteiger partial charge is 0.410 e. The summed E-state index contributed by atoms with van der Waals surface area (Å²) in [6.07, 6.45) is 0. The Morgan fingerprint density at radius 1 is 1.13 bits per heavy atom. The standard InChI is InChI=1S/C17H14N4O2/c22-15-10-21-9-13-8-12(6-7-14(13)18-17(21)19-15)16(20-23)11-4-2-1-3-5-11/h1-8,23H,9-10H2,(H,18,19,22)/b20-16-. The molecule has 6 nitrogen and oxygen atoms in total. The molecule has 0 saturated carbocycles. The van der Waals surface area contributed by atoms with Gasteiger partial charge in [0.25, 0.3) is 0 Å². The van der Waals surface area contributed by atoms with E-state index in [2.05, 4.69) is 15.5 Å². The van der Waals surface area contributed by atoms with Crippen LogP contribution in [0.5, 0.6) is 0 Å². The lowest BCUT2D eigenvalue weighted by Crippen LogP contribution is -2.32. The van der Waals surface area contributed by atoms with Crippen molar-refractivity contribution in [2.24, 2.45) is 10.1 Å². The van der Waals surface area contributed by atoms with Gasteiger partial charge in [0.2, 0.25) is 11.9 Å². The highest BCUT2D eigenvalue weighted by Crippen LogP contribution is 2.28. The maximum absolute atomic E-state index is 11.5. The molecule has 0 atom stereocenters. The van der Waals surface area contributed by atoms with E-state index in [4.69, 9.17) is 0 Å². The van der Waals surface area contributed by atoms with Gasteiger partial charge in [0, 0.05) is 17.7 Å². The van der Waals surface area contributed by atoms with E-state index in [1.807, 2.05) is 53.4 Å². The number of amides is 1. The van der Waals surface area contributed by atoms with Gasteiger partial charge in [-0.05, 0) is 17.7 Å². The number of nitrogens with zero attached hydrogens (tertiary/aromatic N) is 3. The number of fused-ring (bicyclic) bond motifs is 2. The zero-order valence-electron chi connectivity index (χ0n) is 12.2. The van der Waals surface area contributed by atoms with E-state index in [1.54, 1.807) is 0 Å². The van der Waals surface area contributed by atoms with E-state index >= 15 is 0 Å².